The molecule has 1 aliphatic heterocycles. The topological polar surface area (TPSA) is 49.3 Å². The van der Waals surface area contributed by atoms with Crippen molar-refractivity contribution in [1.29, 1.82) is 0 Å². The van der Waals surface area contributed by atoms with E-state index in [1.54, 1.807) is 6.07 Å². The van der Waals surface area contributed by atoms with Gasteiger partial charge in [-0.05, 0) is 43.0 Å². The second-order valence-corrected chi connectivity index (χ2v) is 4.23. The first-order valence-electron chi connectivity index (χ1n) is 5.36. The summed E-state index contributed by atoms with van der Waals surface area (Å²) in [6, 6.07) is 6.03. The van der Waals surface area contributed by atoms with E-state index < -0.39 is 12.0 Å². The molecule has 2 rings (SSSR count). The second kappa shape index (κ2) is 4.61. The Hall–Kier alpha value is -1.42. The van der Waals surface area contributed by atoms with Gasteiger partial charge >= 0.3 is 5.97 Å². The number of carboxylic acids is 1. The van der Waals surface area contributed by atoms with Gasteiger partial charge in [0, 0.05) is 0 Å². The molecule has 0 radical (unpaired) electrons. The lowest BCUT2D eigenvalue weighted by Gasteiger charge is -2.08. The van der Waals surface area contributed by atoms with Gasteiger partial charge in [0.25, 0.3) is 0 Å². The summed E-state index contributed by atoms with van der Waals surface area (Å²) in [4.78, 5) is 10.7. The van der Waals surface area contributed by atoms with Gasteiger partial charge in [0.2, 0.25) is 0 Å². The summed E-state index contributed by atoms with van der Waals surface area (Å²) in [6.07, 6.45) is 1.35. The Balaban J connectivity index is 1.94. The van der Waals surface area contributed by atoms with Crippen LogP contribution in [0.5, 0.6) is 0 Å². The van der Waals surface area contributed by atoms with Crippen molar-refractivity contribution in [3.8, 4) is 0 Å². The fraction of sp³-hybridized carbons (Fsp3) is 0.417. The summed E-state index contributed by atoms with van der Waals surface area (Å²) >= 11 is 0. The molecule has 3 nitrogen and oxygen atoms in total. The maximum absolute atomic E-state index is 12.9. The standard InChI is InChI=1S/C12H14FNO2/c13-10-3-1-2-8(5-10)4-9-6-11(12(15)16)14-7-9/h1-3,5,9,11,14H,4,6-7H2,(H,15,16)/t9-,11?/m0/s1. The number of aliphatic carboxylic acids is 1. The highest BCUT2D eigenvalue weighted by molar-refractivity contribution is 5.73. The molecule has 16 heavy (non-hydrogen) atoms. The second-order valence-electron chi connectivity index (χ2n) is 4.23. The number of benzene rings is 1. The van der Waals surface area contributed by atoms with Crippen molar-refractivity contribution in [2.45, 2.75) is 18.9 Å². The Morgan fingerprint density at radius 1 is 1.56 bits per heavy atom. The van der Waals surface area contributed by atoms with Gasteiger partial charge in [0.1, 0.15) is 11.9 Å². The Morgan fingerprint density at radius 3 is 3.00 bits per heavy atom. The summed E-state index contributed by atoms with van der Waals surface area (Å²) in [7, 11) is 0. The first-order valence-corrected chi connectivity index (χ1v) is 5.36. The lowest BCUT2D eigenvalue weighted by molar-refractivity contribution is -0.139. The van der Waals surface area contributed by atoms with Gasteiger partial charge in [-0.3, -0.25) is 4.79 Å². The third-order valence-corrected chi connectivity index (χ3v) is 2.93. The molecule has 1 aromatic carbocycles. The van der Waals surface area contributed by atoms with E-state index in [2.05, 4.69) is 5.32 Å². The number of nitrogens with one attached hydrogen (secondary N) is 1. The predicted molar refractivity (Wildman–Crippen MR) is 57.6 cm³/mol. The lowest BCUT2D eigenvalue weighted by Crippen LogP contribution is -2.29. The Labute approximate surface area is 93.3 Å². The smallest absolute Gasteiger partial charge is 0.320 e. The minimum Gasteiger partial charge on any atom is -0.480 e. The third kappa shape index (κ3) is 2.58. The van der Waals surface area contributed by atoms with Crippen molar-refractivity contribution in [2.24, 2.45) is 5.92 Å². The predicted octanol–water partition coefficient (Wildman–Crippen LogP) is 1.43. The molecule has 2 N–H and O–H groups in total. The van der Waals surface area contributed by atoms with Gasteiger partial charge in [0.15, 0.2) is 0 Å². The van der Waals surface area contributed by atoms with Crippen LogP contribution in [0.25, 0.3) is 0 Å². The van der Waals surface area contributed by atoms with Crippen molar-refractivity contribution < 1.29 is 14.3 Å². The van der Waals surface area contributed by atoms with Crippen molar-refractivity contribution in [3.05, 3.63) is 35.6 Å². The van der Waals surface area contributed by atoms with Gasteiger partial charge in [-0.1, -0.05) is 12.1 Å². The van der Waals surface area contributed by atoms with Gasteiger partial charge in [-0.15, -0.1) is 0 Å². The van der Waals surface area contributed by atoms with Crippen LogP contribution in [0.3, 0.4) is 0 Å². The quantitative estimate of drug-likeness (QED) is 0.815. The van der Waals surface area contributed by atoms with Crippen LogP contribution in [-0.4, -0.2) is 23.7 Å². The highest BCUT2D eigenvalue weighted by atomic mass is 19.1. The molecule has 0 aliphatic carbocycles. The van der Waals surface area contributed by atoms with E-state index in [4.69, 9.17) is 5.11 Å². The first kappa shape index (κ1) is 11.1. The van der Waals surface area contributed by atoms with Gasteiger partial charge < -0.3 is 10.4 Å². The van der Waals surface area contributed by atoms with E-state index in [1.807, 2.05) is 6.07 Å². The van der Waals surface area contributed by atoms with Gasteiger partial charge in [0.05, 0.1) is 0 Å². The summed E-state index contributed by atoms with van der Waals surface area (Å²) in [5.74, 6) is -0.761. The number of carbonyl (C=O) groups is 1. The molecule has 0 spiro atoms. The summed E-state index contributed by atoms with van der Waals surface area (Å²) in [5, 5.41) is 11.8. The number of hydrogen-bond acceptors (Lipinski definition) is 2. The van der Waals surface area contributed by atoms with Crippen LogP contribution >= 0.6 is 0 Å². The molecule has 0 amide bonds. The molecule has 0 bridgehead atoms. The summed E-state index contributed by atoms with van der Waals surface area (Å²) < 4.78 is 12.9. The molecule has 1 heterocycles. The highest BCUT2D eigenvalue weighted by Crippen LogP contribution is 2.19. The molecule has 0 saturated carbocycles. The Morgan fingerprint density at radius 2 is 2.38 bits per heavy atom. The van der Waals surface area contributed by atoms with Crippen LogP contribution in [0.2, 0.25) is 0 Å². The Bertz CT molecular complexity index is 394. The summed E-state index contributed by atoms with van der Waals surface area (Å²) in [6.45, 7) is 0.688. The number of hydrogen-bond donors (Lipinski definition) is 2. The van der Waals surface area contributed by atoms with Gasteiger partial charge in [-0.25, -0.2) is 4.39 Å². The monoisotopic (exact) mass is 223 g/mol. The van der Waals surface area contributed by atoms with Gasteiger partial charge in [-0.2, -0.15) is 0 Å². The largest absolute Gasteiger partial charge is 0.480 e. The van der Waals surface area contributed by atoms with E-state index in [0.717, 1.165) is 12.0 Å². The highest BCUT2D eigenvalue weighted by Gasteiger charge is 2.28. The molecule has 1 fully saturated rings. The number of halogens is 1. The van der Waals surface area contributed by atoms with Crippen LogP contribution in [0, 0.1) is 11.7 Å². The molecule has 4 heteroatoms. The van der Waals surface area contributed by atoms with Crippen LogP contribution in [0.15, 0.2) is 24.3 Å². The minimum atomic E-state index is -0.804. The zero-order chi connectivity index (χ0) is 11.5. The molecular formula is C12H14FNO2. The van der Waals surface area contributed by atoms with E-state index in [1.165, 1.54) is 12.1 Å². The summed E-state index contributed by atoms with van der Waals surface area (Å²) in [5.41, 5.74) is 0.929. The number of rotatable bonds is 3. The van der Waals surface area contributed by atoms with Crippen molar-refractivity contribution in [3.63, 3.8) is 0 Å². The van der Waals surface area contributed by atoms with Crippen LogP contribution in [0.1, 0.15) is 12.0 Å². The molecular weight excluding hydrogens is 209 g/mol. The molecule has 0 aromatic heterocycles. The minimum absolute atomic E-state index is 0.238. The zero-order valence-corrected chi connectivity index (χ0v) is 8.82. The maximum Gasteiger partial charge on any atom is 0.320 e. The molecule has 1 aliphatic rings. The fourth-order valence-electron chi connectivity index (χ4n) is 2.15. The van der Waals surface area contributed by atoms with Crippen molar-refractivity contribution in [1.82, 2.24) is 5.32 Å². The van der Waals surface area contributed by atoms with Crippen LogP contribution in [-0.2, 0) is 11.2 Å². The fourth-order valence-corrected chi connectivity index (χ4v) is 2.15. The van der Waals surface area contributed by atoms with E-state index in [9.17, 15) is 9.18 Å². The van der Waals surface area contributed by atoms with E-state index in [-0.39, 0.29) is 11.7 Å². The third-order valence-electron chi connectivity index (χ3n) is 2.93. The van der Waals surface area contributed by atoms with Crippen molar-refractivity contribution >= 4 is 5.97 Å². The SMILES string of the molecule is O=C(O)C1C[C@H](Cc2cccc(F)c2)CN1. The molecule has 2 atom stereocenters. The molecule has 1 aromatic rings. The van der Waals surface area contributed by atoms with E-state index >= 15 is 0 Å². The van der Waals surface area contributed by atoms with Crippen LogP contribution < -0.4 is 5.32 Å². The first-order chi connectivity index (χ1) is 7.65. The average Bonchev–Trinajstić information content (AvgIpc) is 2.66. The normalized spacial score (nSPS) is 24.6. The molecule has 86 valence electrons. The zero-order valence-electron chi connectivity index (χ0n) is 8.82. The maximum atomic E-state index is 12.9. The molecule has 1 unspecified atom stereocenters. The van der Waals surface area contributed by atoms with E-state index in [0.29, 0.717) is 13.0 Å². The van der Waals surface area contributed by atoms with Crippen molar-refractivity contribution in [2.75, 3.05) is 6.54 Å². The average molecular weight is 223 g/mol. The van der Waals surface area contributed by atoms with Crippen LogP contribution in [0.4, 0.5) is 4.39 Å². The Kier molecular flexibility index (Phi) is 3.19. The lowest BCUT2D eigenvalue weighted by atomic mass is 9.97. The number of carboxylic acid groups (broad SMARTS) is 1. The molecule has 1 saturated heterocycles.